The predicted molar refractivity (Wildman–Crippen MR) is 61.0 cm³/mol. The number of aromatic nitrogens is 1. The molecule has 0 aromatic carbocycles. The van der Waals surface area contributed by atoms with E-state index in [1.54, 1.807) is 13.0 Å². The third kappa shape index (κ3) is 3.06. The normalized spacial score (nSPS) is 13.6. The van der Waals surface area contributed by atoms with Gasteiger partial charge in [0.2, 0.25) is 0 Å². The van der Waals surface area contributed by atoms with Crippen molar-refractivity contribution in [1.29, 1.82) is 0 Å². The predicted octanol–water partition coefficient (Wildman–Crippen LogP) is 1.09. The van der Waals surface area contributed by atoms with Crippen molar-refractivity contribution in [3.05, 3.63) is 17.5 Å². The molecule has 5 heteroatoms. The van der Waals surface area contributed by atoms with Crippen molar-refractivity contribution in [2.24, 2.45) is 11.1 Å². The monoisotopic (exact) mass is 225 g/mol. The highest BCUT2D eigenvalue weighted by Crippen LogP contribution is 2.18. The van der Waals surface area contributed by atoms with Gasteiger partial charge in [0.15, 0.2) is 5.69 Å². The van der Waals surface area contributed by atoms with Crippen LogP contribution in [0.1, 0.15) is 37.0 Å². The Morgan fingerprint density at radius 2 is 2.25 bits per heavy atom. The van der Waals surface area contributed by atoms with Crippen LogP contribution >= 0.6 is 0 Å². The Morgan fingerprint density at radius 1 is 1.62 bits per heavy atom. The number of amides is 1. The summed E-state index contributed by atoms with van der Waals surface area (Å²) in [7, 11) is 0. The van der Waals surface area contributed by atoms with E-state index in [9.17, 15) is 4.79 Å². The maximum Gasteiger partial charge on any atom is 0.273 e. The van der Waals surface area contributed by atoms with Crippen LogP contribution in [-0.2, 0) is 0 Å². The van der Waals surface area contributed by atoms with Gasteiger partial charge in [-0.2, -0.15) is 0 Å². The second-order valence-electron chi connectivity index (χ2n) is 4.95. The molecule has 1 rings (SSSR count). The summed E-state index contributed by atoms with van der Waals surface area (Å²) in [6.07, 6.45) is 0. The van der Waals surface area contributed by atoms with E-state index in [0.29, 0.717) is 18.0 Å². The van der Waals surface area contributed by atoms with Gasteiger partial charge in [-0.3, -0.25) is 4.79 Å². The summed E-state index contributed by atoms with van der Waals surface area (Å²) >= 11 is 0. The first kappa shape index (κ1) is 12.7. The standard InChI is InChI=1S/C11H19N3O2/c1-7-5-8(14-16-7)10(15)13-9(6-12)11(2,3)4/h5,9H,6,12H2,1-4H3,(H,13,15). The van der Waals surface area contributed by atoms with Crippen LogP contribution in [0.5, 0.6) is 0 Å². The van der Waals surface area contributed by atoms with Gasteiger partial charge in [-0.15, -0.1) is 0 Å². The highest BCUT2D eigenvalue weighted by atomic mass is 16.5. The molecule has 5 nitrogen and oxygen atoms in total. The Morgan fingerprint density at radius 3 is 2.62 bits per heavy atom. The smallest absolute Gasteiger partial charge is 0.273 e. The fraction of sp³-hybridized carbons (Fsp3) is 0.636. The third-order valence-corrected chi connectivity index (χ3v) is 2.45. The average Bonchev–Trinajstić information content (AvgIpc) is 2.59. The Balaban J connectivity index is 2.70. The van der Waals surface area contributed by atoms with Crippen molar-refractivity contribution < 1.29 is 9.32 Å². The molecule has 3 N–H and O–H groups in total. The van der Waals surface area contributed by atoms with Crippen molar-refractivity contribution in [2.45, 2.75) is 33.7 Å². The van der Waals surface area contributed by atoms with Crippen LogP contribution in [-0.4, -0.2) is 23.7 Å². The van der Waals surface area contributed by atoms with Crippen LogP contribution in [0, 0.1) is 12.3 Å². The molecule has 0 aliphatic heterocycles. The van der Waals surface area contributed by atoms with Crippen molar-refractivity contribution in [1.82, 2.24) is 10.5 Å². The van der Waals surface area contributed by atoms with E-state index >= 15 is 0 Å². The van der Waals surface area contributed by atoms with Crippen LogP contribution in [0.15, 0.2) is 10.6 Å². The van der Waals surface area contributed by atoms with E-state index in [2.05, 4.69) is 10.5 Å². The van der Waals surface area contributed by atoms with Crippen molar-refractivity contribution in [3.63, 3.8) is 0 Å². The summed E-state index contributed by atoms with van der Waals surface area (Å²) in [5.41, 5.74) is 5.84. The van der Waals surface area contributed by atoms with Gasteiger partial charge < -0.3 is 15.6 Å². The molecule has 1 aromatic heterocycles. The highest BCUT2D eigenvalue weighted by Gasteiger charge is 2.26. The molecular weight excluding hydrogens is 206 g/mol. The molecule has 0 saturated carbocycles. The van der Waals surface area contributed by atoms with Crippen molar-refractivity contribution >= 4 is 5.91 Å². The molecule has 0 aliphatic carbocycles. The van der Waals surface area contributed by atoms with E-state index < -0.39 is 0 Å². The molecule has 0 saturated heterocycles. The fourth-order valence-corrected chi connectivity index (χ4v) is 1.33. The number of nitrogens with one attached hydrogen (secondary N) is 1. The van der Waals surface area contributed by atoms with E-state index in [-0.39, 0.29) is 17.4 Å². The second kappa shape index (κ2) is 4.65. The lowest BCUT2D eigenvalue weighted by atomic mass is 9.87. The maximum absolute atomic E-state index is 11.8. The number of nitrogens with two attached hydrogens (primary N) is 1. The minimum Gasteiger partial charge on any atom is -0.361 e. The molecule has 90 valence electrons. The number of carbonyl (C=O) groups excluding carboxylic acids is 1. The van der Waals surface area contributed by atoms with Crippen LogP contribution in [0.25, 0.3) is 0 Å². The topological polar surface area (TPSA) is 81.2 Å². The number of aryl methyl sites for hydroxylation is 1. The SMILES string of the molecule is Cc1cc(C(=O)NC(CN)C(C)(C)C)no1. The first-order valence-electron chi connectivity index (χ1n) is 5.29. The number of nitrogens with zero attached hydrogens (tertiary/aromatic N) is 1. The molecule has 16 heavy (non-hydrogen) atoms. The maximum atomic E-state index is 11.8. The Labute approximate surface area is 95.4 Å². The fourth-order valence-electron chi connectivity index (χ4n) is 1.33. The zero-order chi connectivity index (χ0) is 12.3. The summed E-state index contributed by atoms with van der Waals surface area (Å²) < 4.78 is 4.84. The van der Waals surface area contributed by atoms with Gasteiger partial charge >= 0.3 is 0 Å². The van der Waals surface area contributed by atoms with Crippen molar-refractivity contribution in [2.75, 3.05) is 6.54 Å². The third-order valence-electron chi connectivity index (χ3n) is 2.45. The molecule has 1 heterocycles. The molecule has 0 fully saturated rings. The minimum absolute atomic E-state index is 0.0802. The first-order valence-corrected chi connectivity index (χ1v) is 5.29. The van der Waals surface area contributed by atoms with Gasteiger partial charge in [-0.25, -0.2) is 0 Å². The lowest BCUT2D eigenvalue weighted by molar-refractivity contribution is 0.0896. The van der Waals surface area contributed by atoms with E-state index in [1.807, 2.05) is 20.8 Å². The van der Waals surface area contributed by atoms with Gasteiger partial charge in [0.05, 0.1) is 0 Å². The molecule has 0 radical (unpaired) electrons. The molecule has 0 spiro atoms. The zero-order valence-electron chi connectivity index (χ0n) is 10.2. The minimum atomic E-state index is -0.248. The van der Waals surface area contributed by atoms with Gasteiger partial charge in [-0.05, 0) is 12.3 Å². The van der Waals surface area contributed by atoms with E-state index in [4.69, 9.17) is 10.3 Å². The molecule has 1 atom stereocenters. The summed E-state index contributed by atoms with van der Waals surface area (Å²) in [6, 6.07) is 1.52. The molecule has 0 bridgehead atoms. The summed E-state index contributed by atoms with van der Waals surface area (Å²) in [5, 5.41) is 6.51. The lowest BCUT2D eigenvalue weighted by Gasteiger charge is -2.29. The quantitative estimate of drug-likeness (QED) is 0.806. The Hall–Kier alpha value is -1.36. The molecule has 1 unspecified atom stereocenters. The van der Waals surface area contributed by atoms with Crippen LogP contribution in [0.4, 0.5) is 0 Å². The Bertz CT molecular complexity index is 366. The summed E-state index contributed by atoms with van der Waals surface area (Å²) in [4.78, 5) is 11.8. The van der Waals surface area contributed by atoms with Crippen LogP contribution in [0.3, 0.4) is 0 Å². The first-order chi connectivity index (χ1) is 7.34. The summed E-state index contributed by atoms with van der Waals surface area (Å²) in [6.45, 7) is 8.22. The lowest BCUT2D eigenvalue weighted by Crippen LogP contribution is -2.48. The Kier molecular flexibility index (Phi) is 3.70. The summed E-state index contributed by atoms with van der Waals surface area (Å²) in [5.74, 6) is 0.368. The number of hydrogen-bond acceptors (Lipinski definition) is 4. The average molecular weight is 225 g/mol. The van der Waals surface area contributed by atoms with Gasteiger partial charge in [-0.1, -0.05) is 25.9 Å². The van der Waals surface area contributed by atoms with Gasteiger partial charge in [0.25, 0.3) is 5.91 Å². The number of hydrogen-bond donors (Lipinski definition) is 2. The number of rotatable bonds is 3. The number of carbonyl (C=O) groups is 1. The molecular formula is C11H19N3O2. The molecule has 0 aliphatic rings. The van der Waals surface area contributed by atoms with Gasteiger partial charge in [0, 0.05) is 18.7 Å². The van der Waals surface area contributed by atoms with Crippen LogP contribution < -0.4 is 11.1 Å². The van der Waals surface area contributed by atoms with E-state index in [1.165, 1.54) is 0 Å². The molecule has 1 aromatic rings. The van der Waals surface area contributed by atoms with Crippen LogP contribution in [0.2, 0.25) is 0 Å². The van der Waals surface area contributed by atoms with Gasteiger partial charge in [0.1, 0.15) is 5.76 Å². The second-order valence-corrected chi connectivity index (χ2v) is 4.95. The van der Waals surface area contributed by atoms with E-state index in [0.717, 1.165) is 0 Å². The van der Waals surface area contributed by atoms with Crippen molar-refractivity contribution in [3.8, 4) is 0 Å². The molecule has 1 amide bonds. The zero-order valence-corrected chi connectivity index (χ0v) is 10.2. The highest BCUT2D eigenvalue weighted by molar-refractivity contribution is 5.92. The largest absolute Gasteiger partial charge is 0.361 e.